The highest BCUT2D eigenvalue weighted by atomic mass is 35.5. The van der Waals surface area contributed by atoms with E-state index in [1.807, 2.05) is 18.3 Å². The number of hydrogen-bond acceptors (Lipinski definition) is 2. The summed E-state index contributed by atoms with van der Waals surface area (Å²) in [5.41, 5.74) is 5.22. The number of rotatable bonds is 1. The van der Waals surface area contributed by atoms with Crippen molar-refractivity contribution < 1.29 is 4.42 Å². The molecule has 0 bridgehead atoms. The van der Waals surface area contributed by atoms with E-state index in [2.05, 4.69) is 47.1 Å². The summed E-state index contributed by atoms with van der Waals surface area (Å²) in [6, 6.07) is 16.2. The Hall–Kier alpha value is -1.91. The van der Waals surface area contributed by atoms with E-state index in [1.54, 1.807) is 6.07 Å². The Kier molecular flexibility index (Phi) is 4.73. The first kappa shape index (κ1) is 18.5. The molecule has 0 radical (unpaired) electrons. The fourth-order valence-electron chi connectivity index (χ4n) is 3.68. The van der Waals surface area contributed by atoms with Crippen LogP contribution >= 0.6 is 35.6 Å². The van der Waals surface area contributed by atoms with Crippen LogP contribution in [0.3, 0.4) is 0 Å². The maximum absolute atomic E-state index is 6.47. The molecule has 5 rings (SSSR count). The highest BCUT2D eigenvalue weighted by Gasteiger charge is 2.27. The molecule has 6 heteroatoms. The second-order valence-corrected chi connectivity index (χ2v) is 7.54. The fraction of sp³-hybridized carbons (Fsp3) is 0.143. The van der Waals surface area contributed by atoms with Gasteiger partial charge in [-0.05, 0) is 48.9 Å². The highest BCUT2D eigenvalue weighted by Crippen LogP contribution is 2.36. The van der Waals surface area contributed by atoms with Gasteiger partial charge in [0.1, 0.15) is 17.4 Å². The monoisotopic (exact) mass is 418 g/mol. The van der Waals surface area contributed by atoms with Crippen molar-refractivity contribution >= 4 is 46.6 Å². The molecule has 2 aromatic heterocycles. The van der Waals surface area contributed by atoms with Crippen molar-refractivity contribution in [1.29, 1.82) is 0 Å². The molecule has 3 nitrogen and oxygen atoms in total. The van der Waals surface area contributed by atoms with Gasteiger partial charge in [0.2, 0.25) is 0 Å². The number of hydrogen-bond donors (Lipinski definition) is 1. The van der Waals surface area contributed by atoms with Crippen LogP contribution in [0.25, 0.3) is 16.7 Å². The Morgan fingerprint density at radius 1 is 1.11 bits per heavy atom. The van der Waals surface area contributed by atoms with E-state index in [0.29, 0.717) is 16.6 Å². The molecule has 1 aliphatic heterocycles. The molecule has 0 amide bonds. The van der Waals surface area contributed by atoms with Crippen LogP contribution in [0, 0.1) is 6.92 Å². The van der Waals surface area contributed by atoms with Gasteiger partial charge in [0.25, 0.3) is 0 Å². The van der Waals surface area contributed by atoms with E-state index in [0.717, 1.165) is 33.7 Å². The maximum atomic E-state index is 6.47. The number of halogens is 3. The number of furan rings is 1. The molecular weight excluding hydrogens is 403 g/mol. The maximum Gasteiger partial charge on any atom is 0.134 e. The quantitative estimate of drug-likeness (QED) is 0.384. The van der Waals surface area contributed by atoms with Crippen molar-refractivity contribution in [2.75, 3.05) is 0 Å². The lowest BCUT2D eigenvalue weighted by molar-refractivity contribution is 0.465. The largest absolute Gasteiger partial charge is 0.459 e. The van der Waals surface area contributed by atoms with E-state index < -0.39 is 0 Å². The van der Waals surface area contributed by atoms with Gasteiger partial charge in [-0.2, -0.15) is 0 Å². The number of benzene rings is 2. The molecule has 0 saturated heterocycles. The molecule has 1 aliphatic rings. The summed E-state index contributed by atoms with van der Waals surface area (Å²) in [5, 5.41) is 5.99. The van der Waals surface area contributed by atoms with Crippen molar-refractivity contribution in [1.82, 2.24) is 9.88 Å². The van der Waals surface area contributed by atoms with E-state index in [9.17, 15) is 0 Å². The molecule has 1 N–H and O–H groups in total. The summed E-state index contributed by atoms with van der Waals surface area (Å²) in [4.78, 5) is 0. The molecule has 0 fully saturated rings. The van der Waals surface area contributed by atoms with Crippen LogP contribution in [0.2, 0.25) is 10.0 Å². The summed E-state index contributed by atoms with van der Waals surface area (Å²) < 4.78 is 8.32. The van der Waals surface area contributed by atoms with Gasteiger partial charge in [-0.15, -0.1) is 12.4 Å². The molecule has 0 saturated carbocycles. The zero-order valence-electron chi connectivity index (χ0n) is 14.5. The Bertz CT molecular complexity index is 1150. The van der Waals surface area contributed by atoms with E-state index in [1.165, 1.54) is 5.56 Å². The summed E-state index contributed by atoms with van der Waals surface area (Å²) in [6.45, 7) is 2.70. The van der Waals surface area contributed by atoms with Gasteiger partial charge in [-0.3, -0.25) is 5.32 Å². The SMILES string of the molecule is Cc1ccc2cc(C3NCc4c(Cl)cc(Cl)cc4-n4cccc43)oc2c1.Cl. The number of aryl methyl sites for hydroxylation is 1. The number of aromatic nitrogens is 1. The van der Waals surface area contributed by atoms with Crippen molar-refractivity contribution in [3.8, 4) is 5.69 Å². The minimum atomic E-state index is -0.0695. The van der Waals surface area contributed by atoms with Crippen LogP contribution in [-0.4, -0.2) is 4.57 Å². The molecule has 0 spiro atoms. The third-order valence-corrected chi connectivity index (χ3v) is 5.49. The highest BCUT2D eigenvalue weighted by molar-refractivity contribution is 6.35. The third kappa shape index (κ3) is 3.05. The van der Waals surface area contributed by atoms with Crippen LogP contribution in [0.1, 0.15) is 28.6 Å². The smallest absolute Gasteiger partial charge is 0.134 e. The molecule has 1 unspecified atom stereocenters. The van der Waals surface area contributed by atoms with Gasteiger partial charge in [-0.1, -0.05) is 35.3 Å². The molecule has 1 atom stereocenters. The zero-order chi connectivity index (χ0) is 17.8. The van der Waals surface area contributed by atoms with Gasteiger partial charge in [0, 0.05) is 39.4 Å². The summed E-state index contributed by atoms with van der Waals surface area (Å²) in [5.74, 6) is 0.889. The lowest BCUT2D eigenvalue weighted by atomic mass is 10.1. The van der Waals surface area contributed by atoms with Gasteiger partial charge in [0.05, 0.1) is 5.69 Å². The lowest BCUT2D eigenvalue weighted by Gasteiger charge is -2.15. The predicted molar refractivity (Wildman–Crippen MR) is 113 cm³/mol. The average molecular weight is 420 g/mol. The fourth-order valence-corrected chi connectivity index (χ4v) is 4.23. The zero-order valence-corrected chi connectivity index (χ0v) is 16.8. The first-order valence-electron chi connectivity index (χ1n) is 8.49. The number of nitrogens with zero attached hydrogens (tertiary/aromatic N) is 1. The predicted octanol–water partition coefficient (Wildman–Crippen LogP) is 6.45. The summed E-state index contributed by atoms with van der Waals surface area (Å²) in [6.07, 6.45) is 2.04. The molecule has 0 aliphatic carbocycles. The van der Waals surface area contributed by atoms with Gasteiger partial charge in [0.15, 0.2) is 0 Å². The molecule has 3 heterocycles. The van der Waals surface area contributed by atoms with Crippen molar-refractivity contribution in [3.05, 3.63) is 87.4 Å². The van der Waals surface area contributed by atoms with Crippen molar-refractivity contribution in [2.24, 2.45) is 0 Å². The second kappa shape index (κ2) is 6.92. The lowest BCUT2D eigenvalue weighted by Crippen LogP contribution is -2.20. The van der Waals surface area contributed by atoms with Gasteiger partial charge < -0.3 is 8.98 Å². The molecule has 27 heavy (non-hydrogen) atoms. The Balaban J connectivity index is 0.00000180. The summed E-state index contributed by atoms with van der Waals surface area (Å²) >= 11 is 12.7. The molecular formula is C21H17Cl3N2O. The Morgan fingerprint density at radius 3 is 2.81 bits per heavy atom. The average Bonchev–Trinajstić information content (AvgIpc) is 3.20. The van der Waals surface area contributed by atoms with Crippen molar-refractivity contribution in [2.45, 2.75) is 19.5 Å². The standard InChI is InChI=1S/C21H16Cl2N2O.ClH/c1-12-4-5-13-8-20(26-19(13)7-12)21-17-3-2-6-25(17)18-10-14(22)9-16(23)15(18)11-24-21;/h2-10,21,24H,11H2,1H3;1H. The Morgan fingerprint density at radius 2 is 1.96 bits per heavy atom. The normalized spacial score (nSPS) is 15.7. The first-order valence-corrected chi connectivity index (χ1v) is 9.25. The summed E-state index contributed by atoms with van der Waals surface area (Å²) in [7, 11) is 0. The van der Waals surface area contributed by atoms with Crippen LogP contribution in [-0.2, 0) is 6.54 Å². The van der Waals surface area contributed by atoms with Gasteiger partial charge in [-0.25, -0.2) is 0 Å². The molecule has 2 aromatic carbocycles. The van der Waals surface area contributed by atoms with Crippen LogP contribution in [0.5, 0.6) is 0 Å². The molecule has 138 valence electrons. The van der Waals surface area contributed by atoms with E-state index in [-0.39, 0.29) is 18.4 Å². The van der Waals surface area contributed by atoms with Crippen LogP contribution in [0.4, 0.5) is 0 Å². The minimum absolute atomic E-state index is 0. The van der Waals surface area contributed by atoms with Crippen molar-refractivity contribution in [3.63, 3.8) is 0 Å². The van der Waals surface area contributed by atoms with E-state index >= 15 is 0 Å². The second-order valence-electron chi connectivity index (χ2n) is 6.69. The van der Waals surface area contributed by atoms with Crippen LogP contribution in [0.15, 0.2) is 59.1 Å². The topological polar surface area (TPSA) is 30.1 Å². The van der Waals surface area contributed by atoms with Crippen LogP contribution < -0.4 is 5.32 Å². The van der Waals surface area contributed by atoms with Gasteiger partial charge >= 0.3 is 0 Å². The number of fused-ring (bicyclic) bond motifs is 4. The first-order chi connectivity index (χ1) is 12.6. The number of nitrogens with one attached hydrogen (secondary N) is 1. The van der Waals surface area contributed by atoms with E-state index in [4.69, 9.17) is 27.6 Å². The Labute approximate surface area is 173 Å². The third-order valence-electron chi connectivity index (χ3n) is 4.93. The minimum Gasteiger partial charge on any atom is -0.459 e. The molecule has 4 aromatic rings.